The zero-order chi connectivity index (χ0) is 17.9. The molecule has 0 radical (unpaired) electrons. The molecule has 0 aliphatic carbocycles. The second-order valence-corrected chi connectivity index (χ2v) is 5.50. The molecular formula is C17H23NO6. The van der Waals surface area contributed by atoms with Crippen LogP contribution in [0.4, 0.5) is 10.5 Å². The maximum absolute atomic E-state index is 12.4. The third-order valence-corrected chi connectivity index (χ3v) is 4.14. The van der Waals surface area contributed by atoms with Crippen molar-refractivity contribution in [3.05, 3.63) is 17.7 Å². The van der Waals surface area contributed by atoms with E-state index in [2.05, 4.69) is 0 Å². The van der Waals surface area contributed by atoms with Gasteiger partial charge >= 0.3 is 12.1 Å². The number of nitrogens with zero attached hydrogens (tertiary/aromatic N) is 1. The van der Waals surface area contributed by atoms with E-state index in [1.165, 1.54) is 21.3 Å². The number of benzene rings is 1. The number of amides is 1. The third-order valence-electron chi connectivity index (χ3n) is 4.14. The molecule has 2 rings (SSSR count). The molecule has 7 nitrogen and oxygen atoms in total. The van der Waals surface area contributed by atoms with E-state index in [1.807, 2.05) is 6.92 Å². The molecule has 132 valence electrons. The second kappa shape index (κ2) is 7.42. The predicted molar refractivity (Wildman–Crippen MR) is 87.9 cm³/mol. The molecule has 0 saturated carbocycles. The Labute approximate surface area is 141 Å². The van der Waals surface area contributed by atoms with Crippen molar-refractivity contribution in [2.75, 3.05) is 32.8 Å². The second-order valence-electron chi connectivity index (χ2n) is 5.50. The predicted octanol–water partition coefficient (Wildman–Crippen LogP) is 2.72. The molecule has 24 heavy (non-hydrogen) atoms. The van der Waals surface area contributed by atoms with Crippen LogP contribution in [0.15, 0.2) is 12.1 Å². The Morgan fingerprint density at radius 3 is 2.33 bits per heavy atom. The first-order valence-corrected chi connectivity index (χ1v) is 7.78. The van der Waals surface area contributed by atoms with Gasteiger partial charge in [-0.3, -0.25) is 9.69 Å². The number of ether oxygens (including phenoxy) is 4. The summed E-state index contributed by atoms with van der Waals surface area (Å²) < 4.78 is 20.7. The minimum Gasteiger partial charge on any atom is -0.493 e. The van der Waals surface area contributed by atoms with Crippen LogP contribution in [0.25, 0.3) is 0 Å². The van der Waals surface area contributed by atoms with E-state index >= 15 is 0 Å². The molecule has 0 saturated heterocycles. The molecule has 0 bridgehead atoms. The lowest BCUT2D eigenvalue weighted by molar-refractivity contribution is -0.142. The summed E-state index contributed by atoms with van der Waals surface area (Å²) in [4.78, 5) is 26.1. The minimum absolute atomic E-state index is 0.223. The molecule has 0 fully saturated rings. The monoisotopic (exact) mass is 337 g/mol. The van der Waals surface area contributed by atoms with E-state index in [0.29, 0.717) is 29.2 Å². The van der Waals surface area contributed by atoms with Gasteiger partial charge in [-0.1, -0.05) is 0 Å². The lowest BCUT2D eigenvalue weighted by Gasteiger charge is -2.38. The number of esters is 1. The highest BCUT2D eigenvalue weighted by Gasteiger charge is 2.39. The first kappa shape index (κ1) is 17.9. The van der Waals surface area contributed by atoms with Gasteiger partial charge in [0.05, 0.1) is 39.5 Å². The van der Waals surface area contributed by atoms with Gasteiger partial charge in [-0.15, -0.1) is 0 Å². The van der Waals surface area contributed by atoms with E-state index in [0.717, 1.165) is 0 Å². The number of hydrogen-bond donors (Lipinski definition) is 0. The molecule has 0 unspecified atom stereocenters. The fourth-order valence-corrected chi connectivity index (χ4v) is 3.02. The van der Waals surface area contributed by atoms with Gasteiger partial charge in [-0.05, 0) is 31.9 Å². The van der Waals surface area contributed by atoms with Gasteiger partial charge in [0.25, 0.3) is 0 Å². The van der Waals surface area contributed by atoms with E-state index in [1.54, 1.807) is 24.0 Å². The first-order valence-electron chi connectivity index (χ1n) is 7.78. The summed E-state index contributed by atoms with van der Waals surface area (Å²) in [5.41, 5.74) is 1.23. The van der Waals surface area contributed by atoms with Gasteiger partial charge in [0.15, 0.2) is 11.5 Å². The summed E-state index contributed by atoms with van der Waals surface area (Å²) >= 11 is 0. The van der Waals surface area contributed by atoms with Gasteiger partial charge in [0.1, 0.15) is 0 Å². The Bertz CT molecular complexity index is 630. The van der Waals surface area contributed by atoms with Gasteiger partial charge in [-0.2, -0.15) is 0 Å². The summed E-state index contributed by atoms with van der Waals surface area (Å²) in [6.45, 7) is 3.89. The first-order chi connectivity index (χ1) is 11.5. The number of carbonyl (C=O) groups excluding carboxylic acids is 2. The van der Waals surface area contributed by atoms with E-state index < -0.39 is 12.0 Å². The molecule has 1 aliphatic heterocycles. The maximum Gasteiger partial charge on any atom is 0.414 e. The van der Waals surface area contributed by atoms with Crippen molar-refractivity contribution in [1.29, 1.82) is 0 Å². The van der Waals surface area contributed by atoms with Crippen LogP contribution in [0.2, 0.25) is 0 Å². The molecule has 2 atom stereocenters. The van der Waals surface area contributed by atoms with Crippen molar-refractivity contribution in [2.45, 2.75) is 32.2 Å². The summed E-state index contributed by atoms with van der Waals surface area (Å²) in [5.74, 6) is 0.135. The Hall–Kier alpha value is -2.44. The number of carbonyl (C=O) groups is 2. The zero-order valence-corrected chi connectivity index (χ0v) is 14.6. The van der Waals surface area contributed by atoms with Crippen LogP contribution in [0, 0.1) is 0 Å². The molecule has 1 heterocycles. The van der Waals surface area contributed by atoms with E-state index in [9.17, 15) is 9.59 Å². The van der Waals surface area contributed by atoms with Gasteiger partial charge in [0.2, 0.25) is 0 Å². The highest BCUT2D eigenvalue weighted by molar-refractivity contribution is 5.94. The van der Waals surface area contributed by atoms with E-state index in [4.69, 9.17) is 18.9 Å². The molecule has 1 amide bonds. The Morgan fingerprint density at radius 2 is 1.79 bits per heavy atom. The largest absolute Gasteiger partial charge is 0.493 e. The average Bonchev–Trinajstić information content (AvgIpc) is 2.59. The highest BCUT2D eigenvalue weighted by atomic mass is 16.6. The van der Waals surface area contributed by atoms with Crippen molar-refractivity contribution in [2.24, 2.45) is 0 Å². The van der Waals surface area contributed by atoms with Crippen molar-refractivity contribution < 1.29 is 28.5 Å². The molecule has 0 spiro atoms. The normalized spacial score (nSPS) is 19.3. The van der Waals surface area contributed by atoms with Crippen LogP contribution < -0.4 is 14.4 Å². The van der Waals surface area contributed by atoms with Crippen LogP contribution in [0.3, 0.4) is 0 Å². The number of hydrogen-bond acceptors (Lipinski definition) is 6. The summed E-state index contributed by atoms with van der Waals surface area (Å²) in [5, 5.41) is 0. The molecule has 1 aromatic rings. The molecule has 0 aromatic heterocycles. The molecule has 1 aromatic carbocycles. The smallest absolute Gasteiger partial charge is 0.414 e. The van der Waals surface area contributed by atoms with Gasteiger partial charge < -0.3 is 18.9 Å². The minimum atomic E-state index is -0.481. The Kier molecular flexibility index (Phi) is 5.54. The van der Waals surface area contributed by atoms with Gasteiger partial charge in [0, 0.05) is 12.1 Å². The van der Waals surface area contributed by atoms with Crippen LogP contribution >= 0.6 is 0 Å². The number of rotatable bonds is 4. The Balaban J connectivity index is 2.62. The number of fused-ring (bicyclic) bond motifs is 1. The lowest BCUT2D eigenvalue weighted by Crippen LogP contribution is -2.44. The fraction of sp³-hybridized carbons (Fsp3) is 0.529. The van der Waals surface area contributed by atoms with Crippen LogP contribution in [-0.4, -0.2) is 46.0 Å². The molecule has 0 N–H and O–H groups in total. The van der Waals surface area contributed by atoms with Crippen molar-refractivity contribution >= 4 is 17.7 Å². The maximum atomic E-state index is 12.4. The topological polar surface area (TPSA) is 74.3 Å². The van der Waals surface area contributed by atoms with Crippen LogP contribution in [-0.2, 0) is 14.3 Å². The van der Waals surface area contributed by atoms with Crippen LogP contribution in [0.1, 0.15) is 31.7 Å². The zero-order valence-electron chi connectivity index (χ0n) is 14.6. The summed E-state index contributed by atoms with van der Waals surface area (Å²) in [6, 6.07) is 3.18. The molecular weight excluding hydrogens is 314 g/mol. The highest BCUT2D eigenvalue weighted by Crippen LogP contribution is 2.45. The SMILES string of the molecule is CCOC(=O)N1c2cc(OC)c(OC)cc2[C@@H](C(=O)OC)C[C@@H]1C. The van der Waals surface area contributed by atoms with Crippen molar-refractivity contribution in [3.63, 3.8) is 0 Å². The Morgan fingerprint density at radius 1 is 1.17 bits per heavy atom. The average molecular weight is 337 g/mol. The van der Waals surface area contributed by atoms with Gasteiger partial charge in [-0.25, -0.2) is 4.79 Å². The van der Waals surface area contributed by atoms with Crippen LogP contribution in [0.5, 0.6) is 11.5 Å². The number of methoxy groups -OCH3 is 3. The van der Waals surface area contributed by atoms with Crippen molar-refractivity contribution in [3.8, 4) is 11.5 Å². The quantitative estimate of drug-likeness (QED) is 0.787. The van der Waals surface area contributed by atoms with Crippen molar-refractivity contribution in [1.82, 2.24) is 0 Å². The number of anilines is 1. The summed E-state index contributed by atoms with van der Waals surface area (Å²) in [7, 11) is 4.39. The fourth-order valence-electron chi connectivity index (χ4n) is 3.02. The lowest BCUT2D eigenvalue weighted by atomic mass is 9.86. The standard InChI is InChI=1S/C17H23NO6/c1-6-24-17(20)18-10(2)7-12(16(19)23-5)11-8-14(21-3)15(22-4)9-13(11)18/h8-10,12H,6-7H2,1-5H3/t10-,12-/m0/s1. The third kappa shape index (κ3) is 3.11. The van der Waals surface area contributed by atoms with E-state index in [-0.39, 0.29) is 18.6 Å². The molecule has 7 heteroatoms. The summed E-state index contributed by atoms with van der Waals surface area (Å²) in [6.07, 6.45) is -0.0182. The molecule has 1 aliphatic rings.